The van der Waals surface area contributed by atoms with Gasteiger partial charge in [-0.3, -0.25) is 4.90 Å². The second-order valence-corrected chi connectivity index (χ2v) is 6.39. The van der Waals surface area contributed by atoms with E-state index in [1.54, 1.807) is 7.11 Å². The molecule has 0 bridgehead atoms. The lowest BCUT2D eigenvalue weighted by Crippen LogP contribution is -2.35. The minimum atomic E-state index is 0.643. The molecule has 1 aliphatic rings. The van der Waals surface area contributed by atoms with Crippen molar-refractivity contribution in [1.29, 1.82) is 0 Å². The summed E-state index contributed by atoms with van der Waals surface area (Å²) in [6.45, 7) is 7.74. The van der Waals surface area contributed by atoms with E-state index in [9.17, 15) is 0 Å². The molecular weight excluding hydrogens is 312 g/mol. The minimum Gasteiger partial charge on any atom is -0.493 e. The quantitative estimate of drug-likeness (QED) is 0.748. The molecule has 1 N–H and O–H groups in total. The summed E-state index contributed by atoms with van der Waals surface area (Å²) in [5.41, 5.74) is 4.20. The van der Waals surface area contributed by atoms with Crippen LogP contribution in [0.4, 0.5) is 0 Å². The van der Waals surface area contributed by atoms with Crippen molar-refractivity contribution >= 4 is 0 Å². The van der Waals surface area contributed by atoms with Crippen LogP contribution < -0.4 is 14.8 Å². The summed E-state index contributed by atoms with van der Waals surface area (Å²) in [6, 6.07) is 14.9. The number of nitrogens with zero attached hydrogens (tertiary/aromatic N) is 1. The largest absolute Gasteiger partial charge is 0.493 e. The normalized spacial score (nSPS) is 14.2. The van der Waals surface area contributed by atoms with Gasteiger partial charge in [0.25, 0.3) is 0 Å². The van der Waals surface area contributed by atoms with Crippen molar-refractivity contribution in [3.05, 3.63) is 59.2 Å². The molecule has 0 radical (unpaired) electrons. The van der Waals surface area contributed by atoms with E-state index in [4.69, 9.17) is 9.47 Å². The van der Waals surface area contributed by atoms with Crippen LogP contribution in [-0.2, 0) is 19.5 Å². The van der Waals surface area contributed by atoms with Crippen LogP contribution in [0.1, 0.15) is 23.6 Å². The summed E-state index contributed by atoms with van der Waals surface area (Å²) in [7, 11) is 1.67. The van der Waals surface area contributed by atoms with Gasteiger partial charge in [-0.05, 0) is 42.2 Å². The summed E-state index contributed by atoms with van der Waals surface area (Å²) >= 11 is 0. The lowest BCUT2D eigenvalue weighted by atomic mass is 10.00. The predicted molar refractivity (Wildman–Crippen MR) is 101 cm³/mol. The Bertz CT molecular complexity index is 687. The van der Waals surface area contributed by atoms with Gasteiger partial charge in [0, 0.05) is 32.7 Å². The van der Waals surface area contributed by atoms with Gasteiger partial charge in [-0.1, -0.05) is 30.3 Å². The summed E-state index contributed by atoms with van der Waals surface area (Å²) in [4.78, 5) is 2.52. The zero-order valence-corrected chi connectivity index (χ0v) is 15.3. The molecule has 0 amide bonds. The number of hydrogen-bond donors (Lipinski definition) is 1. The molecule has 4 heteroatoms. The monoisotopic (exact) mass is 340 g/mol. The standard InChI is InChI=1S/C21H28N2O2/c1-3-25-21-14-17(8-9-20(21)24-2)15-22-11-13-23-12-10-18-6-4-5-7-19(18)16-23/h4-9,14,22H,3,10-13,15-16H2,1-2H3. The van der Waals surface area contributed by atoms with E-state index in [1.807, 2.05) is 13.0 Å². The summed E-state index contributed by atoms with van der Waals surface area (Å²) in [6.07, 6.45) is 1.16. The second-order valence-electron chi connectivity index (χ2n) is 6.39. The third-order valence-corrected chi connectivity index (χ3v) is 4.67. The van der Waals surface area contributed by atoms with E-state index < -0.39 is 0 Å². The van der Waals surface area contributed by atoms with E-state index >= 15 is 0 Å². The van der Waals surface area contributed by atoms with Crippen LogP contribution in [0.25, 0.3) is 0 Å². The Kier molecular flexibility index (Phi) is 6.31. The van der Waals surface area contributed by atoms with Crippen LogP contribution in [-0.4, -0.2) is 38.3 Å². The fourth-order valence-electron chi connectivity index (χ4n) is 3.31. The van der Waals surface area contributed by atoms with Gasteiger partial charge in [-0.15, -0.1) is 0 Å². The second kappa shape index (κ2) is 8.88. The van der Waals surface area contributed by atoms with Gasteiger partial charge in [-0.25, -0.2) is 0 Å². The van der Waals surface area contributed by atoms with Crippen molar-refractivity contribution in [3.63, 3.8) is 0 Å². The topological polar surface area (TPSA) is 33.7 Å². The molecule has 25 heavy (non-hydrogen) atoms. The molecule has 1 aliphatic heterocycles. The Balaban J connectivity index is 1.45. The van der Waals surface area contributed by atoms with Gasteiger partial charge in [0.15, 0.2) is 11.5 Å². The van der Waals surface area contributed by atoms with Gasteiger partial charge in [-0.2, -0.15) is 0 Å². The third kappa shape index (κ3) is 4.74. The summed E-state index contributed by atoms with van der Waals surface area (Å²) in [5, 5.41) is 3.54. The van der Waals surface area contributed by atoms with Crippen LogP contribution in [0.5, 0.6) is 11.5 Å². The van der Waals surface area contributed by atoms with Crippen LogP contribution in [0.15, 0.2) is 42.5 Å². The van der Waals surface area contributed by atoms with E-state index in [1.165, 1.54) is 16.7 Å². The summed E-state index contributed by atoms with van der Waals surface area (Å²) < 4.78 is 11.0. The van der Waals surface area contributed by atoms with Crippen molar-refractivity contribution in [2.45, 2.75) is 26.4 Å². The van der Waals surface area contributed by atoms with Gasteiger partial charge >= 0.3 is 0 Å². The van der Waals surface area contributed by atoms with Crippen LogP contribution in [0.2, 0.25) is 0 Å². The third-order valence-electron chi connectivity index (χ3n) is 4.67. The maximum atomic E-state index is 5.64. The lowest BCUT2D eigenvalue weighted by molar-refractivity contribution is 0.254. The number of ether oxygens (including phenoxy) is 2. The van der Waals surface area contributed by atoms with Crippen LogP contribution >= 0.6 is 0 Å². The van der Waals surface area contributed by atoms with Crippen molar-refractivity contribution < 1.29 is 9.47 Å². The highest BCUT2D eigenvalue weighted by Gasteiger charge is 2.14. The number of methoxy groups -OCH3 is 1. The van der Waals surface area contributed by atoms with E-state index in [2.05, 4.69) is 46.6 Å². The minimum absolute atomic E-state index is 0.643. The molecule has 0 aromatic heterocycles. The molecule has 2 aromatic rings. The molecule has 2 aromatic carbocycles. The Hall–Kier alpha value is -2.04. The molecule has 134 valence electrons. The first-order valence-corrected chi connectivity index (χ1v) is 9.09. The molecule has 0 aliphatic carbocycles. The molecule has 0 spiro atoms. The van der Waals surface area contributed by atoms with Crippen LogP contribution in [0, 0.1) is 0 Å². The van der Waals surface area contributed by atoms with Crippen molar-refractivity contribution in [2.75, 3.05) is 33.4 Å². The maximum absolute atomic E-state index is 5.64. The van der Waals surface area contributed by atoms with Gasteiger partial charge in [0.2, 0.25) is 0 Å². The fraction of sp³-hybridized carbons (Fsp3) is 0.429. The van der Waals surface area contributed by atoms with Gasteiger partial charge in [0.1, 0.15) is 0 Å². The fourth-order valence-corrected chi connectivity index (χ4v) is 3.31. The molecule has 0 saturated carbocycles. The highest BCUT2D eigenvalue weighted by atomic mass is 16.5. The first kappa shape index (κ1) is 17.8. The molecule has 3 rings (SSSR count). The summed E-state index contributed by atoms with van der Waals surface area (Å²) in [5.74, 6) is 1.61. The van der Waals surface area contributed by atoms with Crippen molar-refractivity contribution in [2.24, 2.45) is 0 Å². The van der Waals surface area contributed by atoms with E-state index in [-0.39, 0.29) is 0 Å². The first-order chi connectivity index (χ1) is 12.3. The Labute approximate surface area is 150 Å². The number of hydrogen-bond acceptors (Lipinski definition) is 4. The molecule has 4 nitrogen and oxygen atoms in total. The molecule has 0 atom stereocenters. The SMILES string of the molecule is CCOc1cc(CNCCN2CCc3ccccc3C2)ccc1OC. The van der Waals surface area contributed by atoms with E-state index in [0.717, 1.165) is 50.6 Å². The molecule has 0 saturated heterocycles. The van der Waals surface area contributed by atoms with Gasteiger partial charge < -0.3 is 14.8 Å². The van der Waals surface area contributed by atoms with E-state index in [0.29, 0.717) is 6.61 Å². The highest BCUT2D eigenvalue weighted by Crippen LogP contribution is 2.28. The first-order valence-electron chi connectivity index (χ1n) is 9.09. The zero-order chi connectivity index (χ0) is 17.5. The molecule has 1 heterocycles. The lowest BCUT2D eigenvalue weighted by Gasteiger charge is -2.28. The maximum Gasteiger partial charge on any atom is 0.161 e. The Morgan fingerprint density at radius 1 is 1.08 bits per heavy atom. The highest BCUT2D eigenvalue weighted by molar-refractivity contribution is 5.42. The molecule has 0 unspecified atom stereocenters. The number of nitrogens with one attached hydrogen (secondary N) is 1. The molecule has 0 fully saturated rings. The number of fused-ring (bicyclic) bond motifs is 1. The van der Waals surface area contributed by atoms with Crippen molar-refractivity contribution in [3.8, 4) is 11.5 Å². The predicted octanol–water partition coefficient (Wildman–Crippen LogP) is 3.24. The van der Waals surface area contributed by atoms with Crippen LogP contribution in [0.3, 0.4) is 0 Å². The Morgan fingerprint density at radius 2 is 1.92 bits per heavy atom. The smallest absolute Gasteiger partial charge is 0.161 e. The number of benzene rings is 2. The zero-order valence-electron chi connectivity index (χ0n) is 15.3. The molecular formula is C21H28N2O2. The van der Waals surface area contributed by atoms with Crippen molar-refractivity contribution in [1.82, 2.24) is 10.2 Å². The Morgan fingerprint density at radius 3 is 2.72 bits per heavy atom. The average molecular weight is 340 g/mol. The van der Waals surface area contributed by atoms with Gasteiger partial charge in [0.05, 0.1) is 13.7 Å². The number of rotatable bonds is 8. The average Bonchev–Trinajstić information content (AvgIpc) is 2.65.